The van der Waals surface area contributed by atoms with Crippen molar-refractivity contribution >= 4 is 29.7 Å². The van der Waals surface area contributed by atoms with Crippen LogP contribution in [0.4, 0.5) is 5.69 Å². The van der Waals surface area contributed by atoms with E-state index >= 15 is 0 Å². The van der Waals surface area contributed by atoms with Gasteiger partial charge in [0.2, 0.25) is 0 Å². The summed E-state index contributed by atoms with van der Waals surface area (Å²) in [5, 5.41) is 12.4. The first-order valence-corrected chi connectivity index (χ1v) is 12.0. The Hall–Kier alpha value is -5.82. The van der Waals surface area contributed by atoms with Crippen LogP contribution in [0.25, 0.3) is 0 Å². The number of carbonyl (C=O) groups is 2. The minimum absolute atomic E-state index is 0.149. The Kier molecular flexibility index (Phi) is 8.59. The third-order valence-electron chi connectivity index (χ3n) is 5.61. The van der Waals surface area contributed by atoms with E-state index in [1.54, 1.807) is 66.9 Å². The van der Waals surface area contributed by atoms with Crippen LogP contribution in [-0.2, 0) is 0 Å². The lowest BCUT2D eigenvalue weighted by molar-refractivity contribution is 0.0957. The molecule has 0 unspecified atom stereocenters. The number of amides is 2. The lowest BCUT2D eigenvalue weighted by Gasteiger charge is -2.09. The number of anilines is 1. The third kappa shape index (κ3) is 6.93. The Morgan fingerprint density at radius 1 is 0.950 bits per heavy atom. The van der Waals surface area contributed by atoms with Gasteiger partial charge in [-0.1, -0.05) is 17.9 Å². The molecule has 4 aromatic rings. The number of hydrogen-bond donors (Lipinski definition) is 4. The lowest BCUT2D eigenvalue weighted by Crippen LogP contribution is -2.18. The van der Waals surface area contributed by atoms with Crippen LogP contribution < -0.4 is 21.1 Å². The average molecular weight is 532 g/mol. The van der Waals surface area contributed by atoms with E-state index in [9.17, 15) is 9.59 Å². The number of rotatable bonds is 7. The topological polar surface area (TPSA) is 155 Å². The van der Waals surface area contributed by atoms with Gasteiger partial charge in [-0.2, -0.15) is 0 Å². The van der Waals surface area contributed by atoms with E-state index in [0.717, 1.165) is 11.9 Å². The van der Waals surface area contributed by atoms with Gasteiger partial charge in [-0.15, -0.1) is 0 Å². The van der Waals surface area contributed by atoms with Gasteiger partial charge in [0.15, 0.2) is 5.84 Å². The zero-order chi connectivity index (χ0) is 28.5. The predicted octanol–water partition coefficient (Wildman–Crippen LogP) is 3.90. The molecule has 2 heterocycles. The number of aromatic nitrogens is 2. The molecular weight excluding hydrogens is 506 g/mol. The molecule has 5 N–H and O–H groups in total. The van der Waals surface area contributed by atoms with Crippen LogP contribution in [0.15, 0.2) is 84.1 Å². The quantitative estimate of drug-likeness (QED) is 0.161. The van der Waals surface area contributed by atoms with Crippen molar-refractivity contribution in [2.24, 2.45) is 10.7 Å². The normalized spacial score (nSPS) is 10.6. The number of aliphatic imine (C=N–C) groups is 1. The van der Waals surface area contributed by atoms with E-state index < -0.39 is 0 Å². The molecule has 0 aliphatic carbocycles. The first-order chi connectivity index (χ1) is 19.4. The van der Waals surface area contributed by atoms with Crippen LogP contribution in [0, 0.1) is 24.2 Å². The smallest absolute Gasteiger partial charge is 0.269 e. The lowest BCUT2D eigenvalue weighted by atomic mass is 10.0. The standard InChI is InChI=1S/C30H25N7O3/c1-19-3-6-22(15-21(19)7-4-20-5-12-26(35-17-20)28(32)36-18-31)29(38)37-23-8-10-24(11-9-23)40-25-13-14-34-27(16-25)30(39)33-2/h3,5-6,8-18H,1-2H3,(H,33,39)(H,37,38)(H3,31,32,36). The first-order valence-electron chi connectivity index (χ1n) is 12.0. The second-order valence-electron chi connectivity index (χ2n) is 8.39. The minimum atomic E-state index is -0.309. The van der Waals surface area contributed by atoms with E-state index in [0.29, 0.717) is 39.6 Å². The largest absolute Gasteiger partial charge is 0.457 e. The van der Waals surface area contributed by atoms with Gasteiger partial charge in [0, 0.05) is 47.9 Å². The van der Waals surface area contributed by atoms with Gasteiger partial charge >= 0.3 is 0 Å². The molecule has 10 heteroatoms. The molecule has 2 aromatic heterocycles. The van der Waals surface area contributed by atoms with E-state index in [-0.39, 0.29) is 23.3 Å². The Morgan fingerprint density at radius 2 is 1.75 bits per heavy atom. The van der Waals surface area contributed by atoms with Crippen molar-refractivity contribution < 1.29 is 14.3 Å². The number of nitrogens with two attached hydrogens (primary N) is 1. The molecule has 2 amide bonds. The molecule has 0 aliphatic heterocycles. The number of nitrogens with one attached hydrogen (secondary N) is 3. The fraction of sp³-hybridized carbons (Fsp3) is 0.0667. The van der Waals surface area contributed by atoms with Crippen molar-refractivity contribution in [2.45, 2.75) is 6.92 Å². The zero-order valence-electron chi connectivity index (χ0n) is 21.7. The number of carbonyl (C=O) groups excluding carboxylic acids is 2. The molecular formula is C30H25N7O3. The molecule has 0 spiro atoms. The zero-order valence-corrected chi connectivity index (χ0v) is 21.7. The van der Waals surface area contributed by atoms with Gasteiger partial charge in [-0.05, 0) is 67.1 Å². The molecule has 0 bridgehead atoms. The summed E-state index contributed by atoms with van der Waals surface area (Å²) < 4.78 is 5.81. The summed E-state index contributed by atoms with van der Waals surface area (Å²) in [7, 11) is 1.53. The van der Waals surface area contributed by atoms with Gasteiger partial charge in [0.1, 0.15) is 29.2 Å². The highest BCUT2D eigenvalue weighted by atomic mass is 16.5. The minimum Gasteiger partial charge on any atom is -0.457 e. The number of benzene rings is 2. The van der Waals surface area contributed by atoms with Crippen LogP contribution in [0.2, 0.25) is 0 Å². The van der Waals surface area contributed by atoms with Gasteiger partial charge in [0.05, 0.1) is 0 Å². The molecule has 4 rings (SSSR count). The third-order valence-corrected chi connectivity index (χ3v) is 5.61. The predicted molar refractivity (Wildman–Crippen MR) is 153 cm³/mol. The maximum atomic E-state index is 12.9. The van der Waals surface area contributed by atoms with Crippen molar-refractivity contribution in [3.8, 4) is 23.3 Å². The second-order valence-corrected chi connectivity index (χ2v) is 8.39. The van der Waals surface area contributed by atoms with Gasteiger partial charge in [-0.25, -0.2) is 4.99 Å². The van der Waals surface area contributed by atoms with Crippen LogP contribution >= 0.6 is 0 Å². The van der Waals surface area contributed by atoms with Crippen molar-refractivity contribution in [3.05, 3.63) is 113 Å². The first kappa shape index (κ1) is 27.2. The second kappa shape index (κ2) is 12.6. The fourth-order valence-corrected chi connectivity index (χ4v) is 3.46. The number of ether oxygens (including phenoxy) is 1. The summed E-state index contributed by atoms with van der Waals surface area (Å²) in [4.78, 5) is 36.6. The summed E-state index contributed by atoms with van der Waals surface area (Å²) in [6.45, 7) is 1.92. The molecule has 0 atom stereocenters. The Balaban J connectivity index is 1.43. The summed E-state index contributed by atoms with van der Waals surface area (Å²) in [6, 6.07) is 18.8. The molecule has 198 valence electrons. The van der Waals surface area contributed by atoms with Crippen molar-refractivity contribution in [2.75, 3.05) is 12.4 Å². The molecule has 10 nitrogen and oxygen atoms in total. The Bertz CT molecular complexity index is 1650. The van der Waals surface area contributed by atoms with E-state index in [1.165, 1.54) is 13.2 Å². The van der Waals surface area contributed by atoms with Gasteiger partial charge < -0.3 is 21.1 Å². The highest BCUT2D eigenvalue weighted by Crippen LogP contribution is 2.24. The molecule has 40 heavy (non-hydrogen) atoms. The summed E-state index contributed by atoms with van der Waals surface area (Å²) in [6.07, 6.45) is 3.92. The highest BCUT2D eigenvalue weighted by molar-refractivity contribution is 6.04. The number of pyridine rings is 2. The maximum absolute atomic E-state index is 12.9. The van der Waals surface area contributed by atoms with Crippen molar-refractivity contribution in [1.29, 1.82) is 5.41 Å². The number of amidine groups is 1. The Labute approximate surface area is 230 Å². The van der Waals surface area contributed by atoms with Crippen molar-refractivity contribution in [1.82, 2.24) is 15.3 Å². The van der Waals surface area contributed by atoms with Crippen LogP contribution in [0.5, 0.6) is 11.5 Å². The van der Waals surface area contributed by atoms with Gasteiger partial charge in [-0.3, -0.25) is 25.0 Å². The van der Waals surface area contributed by atoms with Crippen LogP contribution in [-0.4, -0.2) is 41.0 Å². The molecule has 2 aromatic carbocycles. The monoisotopic (exact) mass is 531 g/mol. The fourth-order valence-electron chi connectivity index (χ4n) is 3.46. The van der Waals surface area contributed by atoms with Crippen molar-refractivity contribution in [3.63, 3.8) is 0 Å². The van der Waals surface area contributed by atoms with Gasteiger partial charge in [0.25, 0.3) is 11.8 Å². The number of hydrogen-bond acceptors (Lipinski definition) is 6. The molecule has 0 aliphatic rings. The van der Waals surface area contributed by atoms with E-state index in [4.69, 9.17) is 15.9 Å². The van der Waals surface area contributed by atoms with E-state index in [2.05, 4.69) is 37.4 Å². The summed E-state index contributed by atoms with van der Waals surface area (Å²) in [5.41, 5.74) is 9.78. The SMILES string of the molecule is CNC(=O)c1cc(Oc2ccc(NC(=O)c3ccc(C)c(C#Cc4ccc(C(N)=NC=N)nc4)c3)cc2)ccn1. The van der Waals surface area contributed by atoms with E-state index in [1.807, 2.05) is 13.0 Å². The number of aryl methyl sites for hydroxylation is 1. The molecule has 0 radical (unpaired) electrons. The summed E-state index contributed by atoms with van der Waals surface area (Å²) >= 11 is 0. The van der Waals surface area contributed by atoms with Crippen LogP contribution in [0.3, 0.4) is 0 Å². The maximum Gasteiger partial charge on any atom is 0.269 e. The molecule has 0 saturated heterocycles. The Morgan fingerprint density at radius 3 is 2.45 bits per heavy atom. The van der Waals surface area contributed by atoms with Crippen LogP contribution in [0.1, 0.15) is 43.2 Å². The molecule has 0 fully saturated rings. The average Bonchev–Trinajstić information content (AvgIpc) is 2.97. The highest BCUT2D eigenvalue weighted by Gasteiger charge is 2.10. The summed E-state index contributed by atoms with van der Waals surface area (Å²) in [5.74, 6) is 6.69. The molecule has 0 saturated carbocycles. The number of nitrogens with zero attached hydrogens (tertiary/aromatic N) is 3.